The Morgan fingerprint density at radius 2 is 1.86 bits per heavy atom. The summed E-state index contributed by atoms with van der Waals surface area (Å²) in [6, 6.07) is 6.52. The Balaban J connectivity index is 1.37. The first-order valence-corrected chi connectivity index (χ1v) is 12.2. The SMILES string of the molecule is O=C1CC(NC(=O)[C@@H]2CCC[C@@H]3C/C=C\C[C@H](NC(=O)c4nccc5ccccc45)C(=O)N32)C(O)O1. The van der Waals surface area contributed by atoms with Crippen molar-refractivity contribution in [3.05, 3.63) is 54.4 Å². The minimum absolute atomic E-state index is 0.129. The smallest absolute Gasteiger partial charge is 0.310 e. The summed E-state index contributed by atoms with van der Waals surface area (Å²) in [5, 5.41) is 17.0. The highest BCUT2D eigenvalue weighted by molar-refractivity contribution is 6.06. The van der Waals surface area contributed by atoms with Gasteiger partial charge in [0.25, 0.3) is 5.91 Å². The molecule has 2 unspecified atom stereocenters. The number of hydrogen-bond acceptors (Lipinski definition) is 7. The molecule has 0 saturated carbocycles. The third-order valence-corrected chi connectivity index (χ3v) is 7.05. The molecule has 188 valence electrons. The lowest BCUT2D eigenvalue weighted by molar-refractivity contribution is -0.156. The van der Waals surface area contributed by atoms with Crippen molar-refractivity contribution in [3.8, 4) is 0 Å². The van der Waals surface area contributed by atoms with Crippen molar-refractivity contribution in [2.75, 3.05) is 0 Å². The molecule has 2 fully saturated rings. The molecule has 5 rings (SSSR count). The molecule has 1 aromatic carbocycles. The number of nitrogens with zero attached hydrogens (tertiary/aromatic N) is 2. The van der Waals surface area contributed by atoms with Crippen molar-refractivity contribution < 1.29 is 29.0 Å². The van der Waals surface area contributed by atoms with E-state index in [-0.39, 0.29) is 30.5 Å². The number of hydrogen-bond donors (Lipinski definition) is 3. The first-order valence-electron chi connectivity index (χ1n) is 12.2. The average molecular weight is 493 g/mol. The van der Waals surface area contributed by atoms with Gasteiger partial charge in [0.15, 0.2) is 0 Å². The standard InChI is InChI=1S/C26H28N4O6/c31-21-14-19(26(35)36-21)29-23(32)20-11-5-8-16-7-2-4-10-18(25(34)30(16)20)28-24(33)22-17-9-3-1-6-15(17)12-13-27-22/h1-4,6,9,12-13,16,18-20,26,35H,5,7-8,10-11,14H2,(H,28,33)(H,29,32)/b4-2-/t16-,18-,19?,20-,26?/m0/s1. The van der Waals surface area contributed by atoms with Gasteiger partial charge in [-0.05, 0) is 43.6 Å². The van der Waals surface area contributed by atoms with Crippen molar-refractivity contribution in [2.45, 2.75) is 69.0 Å². The van der Waals surface area contributed by atoms with Crippen LogP contribution in [-0.2, 0) is 19.1 Å². The summed E-state index contributed by atoms with van der Waals surface area (Å²) in [5.74, 6) is -1.83. The molecule has 3 aliphatic heterocycles. The number of aliphatic hydroxyl groups excluding tert-OH is 1. The van der Waals surface area contributed by atoms with E-state index in [0.717, 1.165) is 18.2 Å². The number of pyridine rings is 1. The molecule has 3 N–H and O–H groups in total. The van der Waals surface area contributed by atoms with Crippen molar-refractivity contribution in [3.63, 3.8) is 0 Å². The topological polar surface area (TPSA) is 138 Å². The molecule has 3 amide bonds. The van der Waals surface area contributed by atoms with Crippen LogP contribution in [0.3, 0.4) is 0 Å². The van der Waals surface area contributed by atoms with E-state index >= 15 is 0 Å². The zero-order valence-corrected chi connectivity index (χ0v) is 19.6. The van der Waals surface area contributed by atoms with Crippen LogP contribution >= 0.6 is 0 Å². The van der Waals surface area contributed by atoms with E-state index in [1.807, 2.05) is 42.5 Å². The fourth-order valence-corrected chi connectivity index (χ4v) is 5.26. The number of fused-ring (bicyclic) bond motifs is 2. The average Bonchev–Trinajstić information content (AvgIpc) is 3.19. The number of aliphatic hydroxyl groups is 1. The molecular formula is C26H28N4O6. The Kier molecular flexibility index (Phi) is 6.69. The molecule has 10 heteroatoms. The third kappa shape index (κ3) is 4.68. The van der Waals surface area contributed by atoms with E-state index in [0.29, 0.717) is 18.2 Å². The number of amides is 3. The molecule has 2 saturated heterocycles. The summed E-state index contributed by atoms with van der Waals surface area (Å²) in [6.45, 7) is 0. The van der Waals surface area contributed by atoms with Crippen molar-refractivity contribution in [2.24, 2.45) is 0 Å². The summed E-state index contributed by atoms with van der Waals surface area (Å²) in [7, 11) is 0. The number of aromatic nitrogens is 1. The van der Waals surface area contributed by atoms with E-state index in [4.69, 9.17) is 4.74 Å². The molecule has 0 spiro atoms. The van der Waals surface area contributed by atoms with Gasteiger partial charge in [-0.1, -0.05) is 36.4 Å². The second-order valence-electron chi connectivity index (χ2n) is 9.40. The first kappa shape index (κ1) is 23.9. The predicted octanol–water partition coefficient (Wildman–Crippen LogP) is 1.18. The van der Waals surface area contributed by atoms with Gasteiger partial charge in [0.2, 0.25) is 18.1 Å². The van der Waals surface area contributed by atoms with Gasteiger partial charge in [0.1, 0.15) is 23.8 Å². The molecule has 1 aromatic heterocycles. The lowest BCUT2D eigenvalue weighted by Gasteiger charge is -2.43. The van der Waals surface area contributed by atoms with Gasteiger partial charge in [-0.25, -0.2) is 0 Å². The first-order chi connectivity index (χ1) is 17.4. The number of rotatable bonds is 4. The summed E-state index contributed by atoms with van der Waals surface area (Å²) < 4.78 is 4.72. The molecule has 4 heterocycles. The summed E-state index contributed by atoms with van der Waals surface area (Å²) in [6.07, 6.45) is 6.71. The molecule has 5 atom stereocenters. The van der Waals surface area contributed by atoms with Crippen LogP contribution in [0, 0.1) is 0 Å². The van der Waals surface area contributed by atoms with Crippen molar-refractivity contribution >= 4 is 34.5 Å². The van der Waals surface area contributed by atoms with Gasteiger partial charge in [-0.2, -0.15) is 0 Å². The minimum atomic E-state index is -1.41. The fraction of sp³-hybridized carbons (Fsp3) is 0.423. The number of benzene rings is 1. The number of ether oxygens (including phenoxy) is 1. The van der Waals surface area contributed by atoms with Crippen LogP contribution in [0.25, 0.3) is 10.8 Å². The molecule has 3 aliphatic rings. The third-order valence-electron chi connectivity index (χ3n) is 7.05. The second kappa shape index (κ2) is 10.1. The normalized spacial score (nSPS) is 29.0. The zero-order valence-electron chi connectivity index (χ0n) is 19.6. The molecule has 0 aliphatic carbocycles. The van der Waals surface area contributed by atoms with Gasteiger partial charge in [-0.3, -0.25) is 24.2 Å². The Hall–Kier alpha value is -3.79. The molecule has 0 bridgehead atoms. The summed E-state index contributed by atoms with van der Waals surface area (Å²) >= 11 is 0. The highest BCUT2D eigenvalue weighted by Crippen LogP contribution is 2.29. The number of cyclic esters (lactones) is 1. The van der Waals surface area contributed by atoms with E-state index in [1.165, 1.54) is 0 Å². The van der Waals surface area contributed by atoms with Crippen LogP contribution in [0.5, 0.6) is 0 Å². The zero-order chi connectivity index (χ0) is 25.2. The predicted molar refractivity (Wildman–Crippen MR) is 128 cm³/mol. The van der Waals surface area contributed by atoms with E-state index in [2.05, 4.69) is 15.6 Å². The second-order valence-corrected chi connectivity index (χ2v) is 9.40. The van der Waals surface area contributed by atoms with E-state index < -0.39 is 42.2 Å². The molecule has 2 aromatic rings. The summed E-state index contributed by atoms with van der Waals surface area (Å²) in [4.78, 5) is 57.5. The summed E-state index contributed by atoms with van der Waals surface area (Å²) in [5.41, 5.74) is 0.233. The molecule has 36 heavy (non-hydrogen) atoms. The monoisotopic (exact) mass is 492 g/mol. The van der Waals surface area contributed by atoms with Gasteiger partial charge in [-0.15, -0.1) is 0 Å². The number of carbonyl (C=O) groups is 4. The van der Waals surface area contributed by atoms with Gasteiger partial charge in [0, 0.05) is 17.6 Å². The molecular weight excluding hydrogens is 464 g/mol. The fourth-order valence-electron chi connectivity index (χ4n) is 5.26. The van der Waals surface area contributed by atoms with Crippen LogP contribution in [-0.4, -0.2) is 69.1 Å². The van der Waals surface area contributed by atoms with Crippen LogP contribution in [0.2, 0.25) is 0 Å². The van der Waals surface area contributed by atoms with Crippen molar-refractivity contribution in [1.82, 2.24) is 20.5 Å². The number of esters is 1. The Morgan fingerprint density at radius 3 is 2.67 bits per heavy atom. The largest absolute Gasteiger partial charge is 0.434 e. The van der Waals surface area contributed by atoms with Gasteiger partial charge in [0.05, 0.1) is 6.42 Å². The van der Waals surface area contributed by atoms with Crippen LogP contribution < -0.4 is 10.6 Å². The lowest BCUT2D eigenvalue weighted by atomic mass is 9.90. The molecule has 10 nitrogen and oxygen atoms in total. The van der Waals surface area contributed by atoms with Crippen LogP contribution in [0.4, 0.5) is 0 Å². The highest BCUT2D eigenvalue weighted by atomic mass is 16.6. The number of nitrogens with one attached hydrogen (secondary N) is 2. The maximum Gasteiger partial charge on any atom is 0.310 e. The highest BCUT2D eigenvalue weighted by Gasteiger charge is 2.43. The van der Waals surface area contributed by atoms with Gasteiger partial charge >= 0.3 is 5.97 Å². The molecule has 0 radical (unpaired) electrons. The van der Waals surface area contributed by atoms with E-state index in [1.54, 1.807) is 11.1 Å². The van der Waals surface area contributed by atoms with Crippen LogP contribution in [0.1, 0.15) is 49.0 Å². The maximum atomic E-state index is 13.8. The maximum absolute atomic E-state index is 13.8. The number of carbonyl (C=O) groups excluding carboxylic acids is 4. The minimum Gasteiger partial charge on any atom is -0.434 e. The number of piperidine rings is 1. The van der Waals surface area contributed by atoms with E-state index in [9.17, 15) is 24.3 Å². The van der Waals surface area contributed by atoms with Crippen molar-refractivity contribution in [1.29, 1.82) is 0 Å². The Labute approximate surface area is 207 Å². The van der Waals surface area contributed by atoms with Gasteiger partial charge < -0.3 is 25.4 Å². The Bertz CT molecular complexity index is 1220. The van der Waals surface area contributed by atoms with Crippen LogP contribution in [0.15, 0.2) is 48.7 Å². The Morgan fingerprint density at radius 1 is 1.06 bits per heavy atom. The lowest BCUT2D eigenvalue weighted by Crippen LogP contribution is -2.62. The quantitative estimate of drug-likeness (QED) is 0.430.